The van der Waals surface area contributed by atoms with E-state index in [2.05, 4.69) is 10.6 Å². The average molecular weight is 208 g/mol. The maximum absolute atomic E-state index is 5.27. The third kappa shape index (κ3) is 3.68. The first-order valence-electron chi connectivity index (χ1n) is 5.89. The molecule has 1 fully saturated rings. The highest BCUT2D eigenvalue weighted by atomic mass is 16.3. The molecule has 1 unspecified atom stereocenters. The van der Waals surface area contributed by atoms with Crippen LogP contribution >= 0.6 is 0 Å². The Balaban J connectivity index is 1.54. The smallest absolute Gasteiger partial charge is 0.105 e. The molecule has 2 N–H and O–H groups in total. The number of hydrogen-bond acceptors (Lipinski definition) is 3. The van der Waals surface area contributed by atoms with Crippen LogP contribution in [0.2, 0.25) is 0 Å². The largest absolute Gasteiger partial charge is 0.469 e. The van der Waals surface area contributed by atoms with Gasteiger partial charge in [0, 0.05) is 13.0 Å². The van der Waals surface area contributed by atoms with E-state index in [1.807, 2.05) is 12.1 Å². The molecule has 1 aliphatic rings. The number of furan rings is 1. The van der Waals surface area contributed by atoms with Crippen molar-refractivity contribution < 1.29 is 4.42 Å². The zero-order valence-electron chi connectivity index (χ0n) is 9.17. The zero-order valence-corrected chi connectivity index (χ0v) is 9.17. The van der Waals surface area contributed by atoms with Crippen molar-refractivity contribution in [1.29, 1.82) is 0 Å². The van der Waals surface area contributed by atoms with Gasteiger partial charge < -0.3 is 15.1 Å². The first kappa shape index (κ1) is 10.7. The standard InChI is InChI=1S/C12H20N2O/c1-3-11(9-13-6-1)10-14-7-5-12-4-2-8-15-12/h2,4,8,11,13-14H,1,3,5-7,9-10H2. The summed E-state index contributed by atoms with van der Waals surface area (Å²) < 4.78 is 5.27. The number of rotatable bonds is 5. The summed E-state index contributed by atoms with van der Waals surface area (Å²) in [5, 5.41) is 6.92. The van der Waals surface area contributed by atoms with Gasteiger partial charge in [-0.3, -0.25) is 0 Å². The van der Waals surface area contributed by atoms with Gasteiger partial charge in [0.05, 0.1) is 6.26 Å². The Kier molecular flexibility index (Phi) is 4.23. The van der Waals surface area contributed by atoms with Gasteiger partial charge in [-0.1, -0.05) is 0 Å². The van der Waals surface area contributed by atoms with Gasteiger partial charge in [0.25, 0.3) is 0 Å². The second kappa shape index (κ2) is 5.93. The van der Waals surface area contributed by atoms with Crippen LogP contribution in [0.1, 0.15) is 18.6 Å². The molecule has 0 spiro atoms. The molecule has 15 heavy (non-hydrogen) atoms. The molecule has 0 aliphatic carbocycles. The summed E-state index contributed by atoms with van der Waals surface area (Å²) in [6, 6.07) is 3.98. The van der Waals surface area contributed by atoms with Crippen molar-refractivity contribution in [3.63, 3.8) is 0 Å². The molecule has 1 aromatic heterocycles. The van der Waals surface area contributed by atoms with Gasteiger partial charge in [0.15, 0.2) is 0 Å². The molecule has 3 heteroatoms. The topological polar surface area (TPSA) is 37.2 Å². The SMILES string of the molecule is c1coc(CCNCC2CCCNC2)c1. The van der Waals surface area contributed by atoms with Crippen molar-refractivity contribution in [3.05, 3.63) is 24.2 Å². The first-order valence-corrected chi connectivity index (χ1v) is 5.89. The fourth-order valence-electron chi connectivity index (χ4n) is 2.07. The van der Waals surface area contributed by atoms with Crippen molar-refractivity contribution >= 4 is 0 Å². The minimum atomic E-state index is 0.815. The molecule has 0 saturated carbocycles. The van der Waals surface area contributed by atoms with E-state index in [4.69, 9.17) is 4.42 Å². The molecule has 1 saturated heterocycles. The first-order chi connectivity index (χ1) is 7.45. The quantitative estimate of drug-likeness (QED) is 0.718. The van der Waals surface area contributed by atoms with Crippen LogP contribution < -0.4 is 10.6 Å². The van der Waals surface area contributed by atoms with Crippen molar-refractivity contribution in [2.24, 2.45) is 5.92 Å². The Labute approximate surface area is 91.2 Å². The van der Waals surface area contributed by atoms with Gasteiger partial charge in [-0.2, -0.15) is 0 Å². The lowest BCUT2D eigenvalue weighted by Gasteiger charge is -2.22. The third-order valence-electron chi connectivity index (χ3n) is 2.96. The summed E-state index contributed by atoms with van der Waals surface area (Å²) in [7, 11) is 0. The molecular weight excluding hydrogens is 188 g/mol. The van der Waals surface area contributed by atoms with E-state index in [-0.39, 0.29) is 0 Å². The molecule has 0 radical (unpaired) electrons. The molecular formula is C12H20N2O. The van der Waals surface area contributed by atoms with Crippen LogP contribution in [0.25, 0.3) is 0 Å². The minimum absolute atomic E-state index is 0.815. The van der Waals surface area contributed by atoms with Crippen molar-refractivity contribution in [3.8, 4) is 0 Å². The predicted octanol–water partition coefficient (Wildman–Crippen LogP) is 1.41. The fourth-order valence-corrected chi connectivity index (χ4v) is 2.07. The Hall–Kier alpha value is -0.800. The lowest BCUT2D eigenvalue weighted by atomic mass is 10.00. The molecule has 0 bridgehead atoms. The van der Waals surface area contributed by atoms with E-state index in [0.717, 1.165) is 31.2 Å². The van der Waals surface area contributed by atoms with Gasteiger partial charge in [-0.05, 0) is 50.5 Å². The summed E-state index contributed by atoms with van der Waals surface area (Å²) in [5.41, 5.74) is 0. The Morgan fingerprint density at radius 1 is 1.53 bits per heavy atom. The number of hydrogen-bond donors (Lipinski definition) is 2. The highest BCUT2D eigenvalue weighted by molar-refractivity contribution is 4.98. The van der Waals surface area contributed by atoms with Gasteiger partial charge in [0.1, 0.15) is 5.76 Å². The van der Waals surface area contributed by atoms with E-state index in [9.17, 15) is 0 Å². The van der Waals surface area contributed by atoms with Crippen LogP contribution in [0.3, 0.4) is 0 Å². The van der Waals surface area contributed by atoms with Crippen molar-refractivity contribution in [2.75, 3.05) is 26.2 Å². The summed E-state index contributed by atoms with van der Waals surface area (Å²) in [6.45, 7) is 4.52. The highest BCUT2D eigenvalue weighted by Gasteiger charge is 2.11. The number of nitrogens with one attached hydrogen (secondary N) is 2. The van der Waals surface area contributed by atoms with Gasteiger partial charge >= 0.3 is 0 Å². The highest BCUT2D eigenvalue weighted by Crippen LogP contribution is 2.08. The maximum Gasteiger partial charge on any atom is 0.105 e. The van der Waals surface area contributed by atoms with Crippen molar-refractivity contribution in [2.45, 2.75) is 19.3 Å². The van der Waals surface area contributed by atoms with Gasteiger partial charge in [-0.25, -0.2) is 0 Å². The lowest BCUT2D eigenvalue weighted by molar-refractivity contribution is 0.359. The molecule has 1 atom stereocenters. The second-order valence-electron chi connectivity index (χ2n) is 4.25. The predicted molar refractivity (Wildman–Crippen MR) is 60.9 cm³/mol. The summed E-state index contributed by atoms with van der Waals surface area (Å²) in [6.07, 6.45) is 5.42. The zero-order chi connectivity index (χ0) is 10.3. The molecule has 1 aromatic rings. The van der Waals surface area contributed by atoms with Gasteiger partial charge in [0.2, 0.25) is 0 Å². The molecule has 2 heterocycles. The Bertz CT molecular complexity index is 253. The molecule has 1 aliphatic heterocycles. The van der Waals surface area contributed by atoms with Gasteiger partial charge in [-0.15, -0.1) is 0 Å². The van der Waals surface area contributed by atoms with Crippen LogP contribution in [-0.4, -0.2) is 26.2 Å². The van der Waals surface area contributed by atoms with Crippen molar-refractivity contribution in [1.82, 2.24) is 10.6 Å². The molecule has 0 amide bonds. The van der Waals surface area contributed by atoms with E-state index in [1.165, 1.54) is 25.9 Å². The Morgan fingerprint density at radius 2 is 2.53 bits per heavy atom. The minimum Gasteiger partial charge on any atom is -0.469 e. The van der Waals surface area contributed by atoms with Crippen LogP contribution in [-0.2, 0) is 6.42 Å². The Morgan fingerprint density at radius 3 is 3.27 bits per heavy atom. The molecule has 3 nitrogen and oxygen atoms in total. The number of piperidine rings is 1. The van der Waals surface area contributed by atoms with Crippen LogP contribution in [0.5, 0.6) is 0 Å². The van der Waals surface area contributed by atoms with E-state index in [0.29, 0.717) is 0 Å². The molecule has 0 aromatic carbocycles. The van der Waals surface area contributed by atoms with Crippen LogP contribution in [0, 0.1) is 5.92 Å². The lowest BCUT2D eigenvalue weighted by Crippen LogP contribution is -2.36. The summed E-state index contributed by atoms with van der Waals surface area (Å²) in [5.74, 6) is 1.89. The normalized spacial score (nSPS) is 21.7. The summed E-state index contributed by atoms with van der Waals surface area (Å²) >= 11 is 0. The van der Waals surface area contributed by atoms with E-state index < -0.39 is 0 Å². The second-order valence-corrected chi connectivity index (χ2v) is 4.25. The van der Waals surface area contributed by atoms with E-state index in [1.54, 1.807) is 6.26 Å². The molecule has 2 rings (SSSR count). The summed E-state index contributed by atoms with van der Waals surface area (Å²) in [4.78, 5) is 0. The maximum atomic E-state index is 5.27. The van der Waals surface area contributed by atoms with Crippen LogP contribution in [0.4, 0.5) is 0 Å². The van der Waals surface area contributed by atoms with E-state index >= 15 is 0 Å². The third-order valence-corrected chi connectivity index (χ3v) is 2.96. The van der Waals surface area contributed by atoms with Crippen LogP contribution in [0.15, 0.2) is 22.8 Å². The molecule has 84 valence electrons. The fraction of sp³-hybridized carbons (Fsp3) is 0.667. The monoisotopic (exact) mass is 208 g/mol. The average Bonchev–Trinajstić information content (AvgIpc) is 2.79.